The summed E-state index contributed by atoms with van der Waals surface area (Å²) in [6.45, 7) is 1.70. The number of nitrogens with two attached hydrogens (primary N) is 1. The Labute approximate surface area is 196 Å². The number of para-hydroxylation sites is 1. The standard InChI is InChI=1S/C21H27N6O6P/c1-13(20(28)31-3)26-34(29,33-16-7-5-4-6-8-16)32-11-14-9-15(10-14)27-12-23-17-18(27)24-21(22)25-19(17)30-2/h4-8,12-15H,9-11H2,1-3H3,(H,26,29)(H2,22,24,25)/t13-,14?,15?,34?/m0/s1. The first-order valence-electron chi connectivity index (χ1n) is 10.7. The fourth-order valence-electron chi connectivity index (χ4n) is 3.76. The third kappa shape index (κ3) is 5.14. The summed E-state index contributed by atoms with van der Waals surface area (Å²) in [5.41, 5.74) is 6.93. The van der Waals surface area contributed by atoms with E-state index in [1.165, 1.54) is 21.1 Å². The lowest BCUT2D eigenvalue weighted by molar-refractivity contribution is -0.142. The van der Waals surface area contributed by atoms with Crippen molar-refractivity contribution in [1.82, 2.24) is 24.6 Å². The molecule has 1 fully saturated rings. The molecule has 2 heterocycles. The van der Waals surface area contributed by atoms with Gasteiger partial charge in [-0.15, -0.1) is 0 Å². The quantitative estimate of drug-likeness (QED) is 0.319. The van der Waals surface area contributed by atoms with Crippen molar-refractivity contribution in [2.24, 2.45) is 5.92 Å². The Kier molecular flexibility index (Phi) is 7.01. The Balaban J connectivity index is 1.41. The van der Waals surface area contributed by atoms with Crippen molar-refractivity contribution in [2.75, 3.05) is 26.6 Å². The Morgan fingerprint density at radius 1 is 1.26 bits per heavy atom. The number of hydrogen-bond acceptors (Lipinski definition) is 10. The van der Waals surface area contributed by atoms with Crippen LogP contribution in [0.2, 0.25) is 0 Å². The van der Waals surface area contributed by atoms with Crippen LogP contribution in [0, 0.1) is 5.92 Å². The molecule has 1 unspecified atom stereocenters. The second-order valence-electron chi connectivity index (χ2n) is 7.98. The van der Waals surface area contributed by atoms with Gasteiger partial charge in [0.15, 0.2) is 11.2 Å². The summed E-state index contributed by atoms with van der Waals surface area (Å²) in [6, 6.07) is 7.87. The second-order valence-corrected chi connectivity index (χ2v) is 9.67. The number of nitrogens with zero attached hydrogens (tertiary/aromatic N) is 4. The van der Waals surface area contributed by atoms with Gasteiger partial charge in [-0.1, -0.05) is 18.2 Å². The van der Waals surface area contributed by atoms with E-state index < -0.39 is 19.8 Å². The number of aromatic nitrogens is 4. The van der Waals surface area contributed by atoms with E-state index in [4.69, 9.17) is 24.3 Å². The number of ether oxygens (including phenoxy) is 2. The zero-order valence-electron chi connectivity index (χ0n) is 19.1. The highest BCUT2D eigenvalue weighted by Crippen LogP contribution is 2.48. The molecule has 0 bridgehead atoms. The van der Waals surface area contributed by atoms with E-state index in [9.17, 15) is 9.36 Å². The minimum Gasteiger partial charge on any atom is -0.479 e. The van der Waals surface area contributed by atoms with Crippen molar-refractivity contribution in [3.05, 3.63) is 36.7 Å². The Morgan fingerprint density at radius 3 is 2.68 bits per heavy atom. The second kappa shape index (κ2) is 9.96. The SMILES string of the molecule is COC(=O)[C@H](C)NP(=O)(OCC1CC(n2cnc3c(OC)nc(N)nc32)C1)Oc1ccccc1. The normalized spacial score (nSPS) is 20.2. The molecule has 1 aliphatic carbocycles. The number of carbonyl (C=O) groups excluding carboxylic acids is 1. The predicted octanol–water partition coefficient (Wildman–Crippen LogP) is 2.72. The molecule has 0 saturated heterocycles. The van der Waals surface area contributed by atoms with Crippen LogP contribution in [0.1, 0.15) is 25.8 Å². The van der Waals surface area contributed by atoms with E-state index in [0.717, 1.165) is 12.8 Å². The monoisotopic (exact) mass is 490 g/mol. The summed E-state index contributed by atoms with van der Waals surface area (Å²) < 4.78 is 36.7. The molecule has 2 atom stereocenters. The maximum Gasteiger partial charge on any atom is 0.459 e. The molecule has 0 aliphatic heterocycles. The van der Waals surface area contributed by atoms with Gasteiger partial charge in [0.1, 0.15) is 11.8 Å². The summed E-state index contributed by atoms with van der Waals surface area (Å²) in [5.74, 6) is 0.331. The van der Waals surface area contributed by atoms with Crippen LogP contribution in [0.5, 0.6) is 11.6 Å². The van der Waals surface area contributed by atoms with Crippen molar-refractivity contribution in [3.8, 4) is 11.6 Å². The number of rotatable bonds is 10. The smallest absolute Gasteiger partial charge is 0.459 e. The van der Waals surface area contributed by atoms with Crippen LogP contribution in [-0.4, -0.2) is 52.4 Å². The van der Waals surface area contributed by atoms with E-state index in [1.54, 1.807) is 30.6 Å². The average molecular weight is 490 g/mol. The van der Waals surface area contributed by atoms with Crippen molar-refractivity contribution in [3.63, 3.8) is 0 Å². The number of hydrogen-bond donors (Lipinski definition) is 2. The zero-order valence-corrected chi connectivity index (χ0v) is 20.0. The maximum atomic E-state index is 13.4. The first kappa shape index (κ1) is 23.9. The first-order valence-corrected chi connectivity index (χ1v) is 12.2. The van der Waals surface area contributed by atoms with E-state index in [1.807, 2.05) is 10.6 Å². The number of nitrogen functional groups attached to an aromatic ring is 1. The summed E-state index contributed by atoms with van der Waals surface area (Å²) >= 11 is 0. The number of nitrogens with one attached hydrogen (secondary N) is 1. The van der Waals surface area contributed by atoms with Crippen molar-refractivity contribution in [1.29, 1.82) is 0 Å². The number of methoxy groups -OCH3 is 2. The Hall–Kier alpha value is -3.21. The van der Waals surface area contributed by atoms with E-state index >= 15 is 0 Å². The molecule has 1 aromatic carbocycles. The Bertz CT molecular complexity index is 1200. The topological polar surface area (TPSA) is 153 Å². The van der Waals surface area contributed by atoms with Gasteiger partial charge in [0, 0.05) is 6.04 Å². The highest BCUT2D eigenvalue weighted by atomic mass is 31.2. The molecule has 0 spiro atoms. The van der Waals surface area contributed by atoms with Gasteiger partial charge in [0.05, 0.1) is 27.2 Å². The number of anilines is 1. The van der Waals surface area contributed by atoms with Crippen LogP contribution in [0.15, 0.2) is 36.7 Å². The third-order valence-electron chi connectivity index (χ3n) is 5.56. The van der Waals surface area contributed by atoms with Crippen LogP contribution in [0.4, 0.5) is 5.95 Å². The summed E-state index contributed by atoms with van der Waals surface area (Å²) in [6.07, 6.45) is 3.18. The number of benzene rings is 1. The lowest BCUT2D eigenvalue weighted by atomic mass is 9.81. The summed E-state index contributed by atoms with van der Waals surface area (Å²) in [5, 5.41) is 2.65. The van der Waals surface area contributed by atoms with Crippen LogP contribution in [-0.2, 0) is 18.6 Å². The highest BCUT2D eigenvalue weighted by molar-refractivity contribution is 7.52. The number of fused-ring (bicyclic) bond motifs is 1. The van der Waals surface area contributed by atoms with Gasteiger partial charge in [-0.2, -0.15) is 15.1 Å². The molecular formula is C21H27N6O6P. The average Bonchev–Trinajstić information content (AvgIpc) is 3.20. The molecule has 3 N–H and O–H groups in total. The Morgan fingerprint density at radius 2 is 2.00 bits per heavy atom. The lowest BCUT2D eigenvalue weighted by Gasteiger charge is -2.36. The van der Waals surface area contributed by atoms with E-state index in [-0.39, 0.29) is 24.5 Å². The fourth-order valence-corrected chi connectivity index (χ4v) is 5.33. The molecule has 4 rings (SSSR count). The van der Waals surface area contributed by atoms with Gasteiger partial charge >= 0.3 is 13.7 Å². The summed E-state index contributed by atoms with van der Waals surface area (Å²) in [4.78, 5) is 24.5. The molecule has 182 valence electrons. The molecule has 0 radical (unpaired) electrons. The van der Waals surface area contributed by atoms with Gasteiger partial charge in [-0.05, 0) is 37.8 Å². The molecule has 0 amide bonds. The molecule has 3 aromatic rings. The van der Waals surface area contributed by atoms with Gasteiger partial charge in [-0.3, -0.25) is 9.32 Å². The predicted molar refractivity (Wildman–Crippen MR) is 123 cm³/mol. The van der Waals surface area contributed by atoms with Gasteiger partial charge in [0.25, 0.3) is 0 Å². The van der Waals surface area contributed by atoms with Gasteiger partial charge in [0.2, 0.25) is 11.8 Å². The van der Waals surface area contributed by atoms with Crippen LogP contribution in [0.3, 0.4) is 0 Å². The van der Waals surface area contributed by atoms with Crippen molar-refractivity contribution < 1.29 is 27.9 Å². The largest absolute Gasteiger partial charge is 0.479 e. The van der Waals surface area contributed by atoms with Gasteiger partial charge < -0.3 is 24.3 Å². The number of carbonyl (C=O) groups is 1. The first-order chi connectivity index (χ1) is 16.3. The molecular weight excluding hydrogens is 463 g/mol. The van der Waals surface area contributed by atoms with Crippen LogP contribution < -0.4 is 20.1 Å². The minimum absolute atomic E-state index is 0.107. The number of imidazole rings is 1. The summed E-state index contributed by atoms with van der Waals surface area (Å²) in [7, 11) is -1.10. The molecule has 1 saturated carbocycles. The van der Waals surface area contributed by atoms with E-state index in [2.05, 4.69) is 20.0 Å². The van der Waals surface area contributed by atoms with Crippen LogP contribution >= 0.6 is 7.75 Å². The highest BCUT2D eigenvalue weighted by Gasteiger charge is 2.37. The molecule has 2 aromatic heterocycles. The van der Waals surface area contributed by atoms with Gasteiger partial charge in [-0.25, -0.2) is 9.55 Å². The van der Waals surface area contributed by atoms with E-state index in [0.29, 0.717) is 22.8 Å². The van der Waals surface area contributed by atoms with Crippen molar-refractivity contribution in [2.45, 2.75) is 31.8 Å². The molecule has 13 heteroatoms. The maximum absolute atomic E-state index is 13.4. The zero-order chi connectivity index (χ0) is 24.3. The lowest BCUT2D eigenvalue weighted by Crippen LogP contribution is -2.36. The molecule has 34 heavy (non-hydrogen) atoms. The van der Waals surface area contributed by atoms with Crippen LogP contribution in [0.25, 0.3) is 11.2 Å². The third-order valence-corrected chi connectivity index (χ3v) is 7.20. The number of esters is 1. The van der Waals surface area contributed by atoms with Crippen molar-refractivity contribution >= 4 is 30.8 Å². The molecule has 1 aliphatic rings. The fraction of sp³-hybridized carbons (Fsp3) is 0.429. The molecule has 12 nitrogen and oxygen atoms in total. The minimum atomic E-state index is -3.86.